The van der Waals surface area contributed by atoms with Gasteiger partial charge in [-0.25, -0.2) is 4.79 Å². The number of nitrogens with zero attached hydrogens (tertiary/aromatic N) is 1. The third kappa shape index (κ3) is 7.92. The number of hydrogen-bond donors (Lipinski definition) is 3. The van der Waals surface area contributed by atoms with Crippen LogP contribution in [0.2, 0.25) is 10.0 Å². The van der Waals surface area contributed by atoms with Crippen LogP contribution >= 0.6 is 23.2 Å². The van der Waals surface area contributed by atoms with Crippen molar-refractivity contribution in [1.82, 2.24) is 10.6 Å². The second kappa shape index (κ2) is 12.9. The third-order valence-electron chi connectivity index (χ3n) is 6.66. The van der Waals surface area contributed by atoms with Crippen molar-refractivity contribution in [1.29, 1.82) is 0 Å². The van der Waals surface area contributed by atoms with E-state index in [2.05, 4.69) is 22.0 Å². The number of urea groups is 1. The number of carbonyl (C=O) groups is 1. The normalized spacial score (nSPS) is 14.3. The van der Waals surface area contributed by atoms with Crippen molar-refractivity contribution in [3.63, 3.8) is 0 Å². The first kappa shape index (κ1) is 26.9. The van der Waals surface area contributed by atoms with E-state index in [0.29, 0.717) is 28.3 Å². The van der Waals surface area contributed by atoms with Crippen LogP contribution in [-0.4, -0.2) is 30.1 Å². The summed E-state index contributed by atoms with van der Waals surface area (Å²) in [7, 11) is 0. The molecule has 3 aromatic carbocycles. The van der Waals surface area contributed by atoms with Gasteiger partial charge in [0.1, 0.15) is 0 Å². The lowest BCUT2D eigenvalue weighted by molar-refractivity contribution is -0.384. The molecule has 4 rings (SSSR count). The number of non-ortho nitro benzene ring substituents is 1. The van der Waals surface area contributed by atoms with Crippen molar-refractivity contribution in [2.75, 3.05) is 18.4 Å². The SMILES string of the molecule is O=C(NCC(CCNC1CCCC1)c1cccc(-c2cccc([N+](=O)[O-])c2)c1)Nc1cc(Cl)cc(Cl)c1. The molecule has 1 fully saturated rings. The van der Waals surface area contributed by atoms with E-state index in [1.165, 1.54) is 31.7 Å². The summed E-state index contributed by atoms with van der Waals surface area (Å²) in [6.07, 6.45) is 5.77. The minimum Gasteiger partial charge on any atom is -0.337 e. The molecular weight excluding hydrogens is 511 g/mol. The van der Waals surface area contributed by atoms with E-state index >= 15 is 0 Å². The molecule has 1 saturated carbocycles. The number of hydrogen-bond acceptors (Lipinski definition) is 4. The van der Waals surface area contributed by atoms with Crippen molar-refractivity contribution in [3.8, 4) is 11.1 Å². The highest BCUT2D eigenvalue weighted by atomic mass is 35.5. The fourth-order valence-corrected chi connectivity index (χ4v) is 5.29. The number of amides is 2. The van der Waals surface area contributed by atoms with Crippen LogP contribution in [0.25, 0.3) is 11.1 Å². The number of benzene rings is 3. The van der Waals surface area contributed by atoms with Gasteiger partial charge >= 0.3 is 6.03 Å². The molecule has 0 aliphatic heterocycles. The second-order valence-electron chi connectivity index (χ2n) is 9.35. The number of nitro benzene ring substituents is 1. The van der Waals surface area contributed by atoms with Crippen molar-refractivity contribution in [3.05, 3.63) is 92.5 Å². The summed E-state index contributed by atoms with van der Waals surface area (Å²) < 4.78 is 0. The first-order valence-corrected chi connectivity index (χ1v) is 13.2. The Balaban J connectivity index is 1.48. The Morgan fingerprint density at radius 2 is 1.65 bits per heavy atom. The van der Waals surface area contributed by atoms with Crippen LogP contribution in [0.4, 0.5) is 16.2 Å². The van der Waals surface area contributed by atoms with Crippen molar-refractivity contribution in [2.45, 2.75) is 44.1 Å². The van der Waals surface area contributed by atoms with E-state index in [1.54, 1.807) is 30.3 Å². The molecule has 3 N–H and O–H groups in total. The summed E-state index contributed by atoms with van der Waals surface area (Å²) >= 11 is 12.1. The monoisotopic (exact) mass is 540 g/mol. The van der Waals surface area contributed by atoms with E-state index in [0.717, 1.165) is 29.7 Å². The first-order chi connectivity index (χ1) is 17.9. The summed E-state index contributed by atoms with van der Waals surface area (Å²) in [5.41, 5.74) is 3.31. The van der Waals surface area contributed by atoms with Crippen molar-refractivity contribution < 1.29 is 9.72 Å². The van der Waals surface area contributed by atoms with Gasteiger partial charge in [-0.2, -0.15) is 0 Å². The largest absolute Gasteiger partial charge is 0.337 e. The lowest BCUT2D eigenvalue weighted by atomic mass is 9.92. The van der Waals surface area contributed by atoms with Crippen LogP contribution in [0.5, 0.6) is 0 Å². The van der Waals surface area contributed by atoms with Gasteiger partial charge in [0.15, 0.2) is 0 Å². The van der Waals surface area contributed by atoms with Crippen LogP contribution in [-0.2, 0) is 0 Å². The Morgan fingerprint density at radius 1 is 0.973 bits per heavy atom. The van der Waals surface area contributed by atoms with Crippen LogP contribution in [0.3, 0.4) is 0 Å². The molecule has 1 unspecified atom stereocenters. The molecule has 194 valence electrons. The topological polar surface area (TPSA) is 96.3 Å². The van der Waals surface area contributed by atoms with Crippen molar-refractivity contribution >= 4 is 40.6 Å². The number of anilines is 1. The average molecular weight is 541 g/mol. The van der Waals surface area contributed by atoms with Crippen molar-refractivity contribution in [2.24, 2.45) is 0 Å². The summed E-state index contributed by atoms with van der Waals surface area (Å²) in [5, 5.41) is 21.5. The van der Waals surface area contributed by atoms with Crippen LogP contribution in [0.1, 0.15) is 43.6 Å². The first-order valence-electron chi connectivity index (χ1n) is 12.5. The lowest BCUT2D eigenvalue weighted by Crippen LogP contribution is -2.34. The summed E-state index contributed by atoms with van der Waals surface area (Å²) in [5.74, 6) is 0.0428. The Labute approximate surface area is 226 Å². The van der Waals surface area contributed by atoms with E-state index in [1.807, 2.05) is 24.3 Å². The second-order valence-corrected chi connectivity index (χ2v) is 10.2. The number of carbonyl (C=O) groups excluding carboxylic acids is 1. The van der Waals surface area contributed by atoms with E-state index in [-0.39, 0.29) is 22.6 Å². The van der Waals surface area contributed by atoms with Gasteiger partial charge in [0.2, 0.25) is 0 Å². The number of nitrogens with one attached hydrogen (secondary N) is 3. The molecule has 0 saturated heterocycles. The molecule has 0 bridgehead atoms. The zero-order valence-electron chi connectivity index (χ0n) is 20.4. The Morgan fingerprint density at radius 3 is 2.35 bits per heavy atom. The van der Waals surface area contributed by atoms with Gasteiger partial charge in [0, 0.05) is 46.4 Å². The molecule has 9 heteroatoms. The van der Waals surface area contributed by atoms with Gasteiger partial charge in [0.25, 0.3) is 5.69 Å². The molecule has 0 radical (unpaired) electrons. The predicted octanol–water partition coefficient (Wildman–Crippen LogP) is 7.40. The molecule has 1 aliphatic rings. The Bertz CT molecular complexity index is 1230. The van der Waals surface area contributed by atoms with E-state index in [4.69, 9.17) is 23.2 Å². The summed E-state index contributed by atoms with van der Waals surface area (Å²) in [4.78, 5) is 23.5. The van der Waals surface area contributed by atoms with Crippen LogP contribution in [0.15, 0.2) is 66.7 Å². The van der Waals surface area contributed by atoms with Gasteiger partial charge in [0.05, 0.1) is 4.92 Å². The molecule has 0 aromatic heterocycles. The van der Waals surface area contributed by atoms with E-state index < -0.39 is 0 Å². The van der Waals surface area contributed by atoms with Gasteiger partial charge < -0.3 is 16.0 Å². The highest BCUT2D eigenvalue weighted by Gasteiger charge is 2.18. The Kier molecular flexibility index (Phi) is 9.39. The molecule has 37 heavy (non-hydrogen) atoms. The predicted molar refractivity (Wildman–Crippen MR) is 150 cm³/mol. The van der Waals surface area contributed by atoms with Gasteiger partial charge in [-0.05, 0) is 60.7 Å². The summed E-state index contributed by atoms with van der Waals surface area (Å²) in [6, 6.07) is 19.7. The zero-order valence-corrected chi connectivity index (χ0v) is 21.9. The summed E-state index contributed by atoms with van der Waals surface area (Å²) in [6.45, 7) is 1.26. The smallest absolute Gasteiger partial charge is 0.319 e. The molecule has 2 amide bonds. The lowest BCUT2D eigenvalue weighted by Gasteiger charge is -2.21. The highest BCUT2D eigenvalue weighted by Crippen LogP contribution is 2.28. The molecule has 0 spiro atoms. The van der Waals surface area contributed by atoms with Gasteiger partial charge in [-0.15, -0.1) is 0 Å². The molecular formula is C28H30Cl2N4O3. The molecule has 7 nitrogen and oxygen atoms in total. The standard InChI is InChI=1S/C28H30Cl2N4O3/c29-23-15-24(30)17-26(16-23)33-28(35)32-18-22(11-12-31-25-8-1-2-9-25)20-6-3-5-19(13-20)21-7-4-10-27(14-21)34(36)37/h3-7,10,13-17,22,25,31H,1-2,8-9,11-12,18H2,(H2,32,33,35). The number of rotatable bonds is 10. The molecule has 1 atom stereocenters. The number of nitro groups is 1. The number of halogens is 2. The zero-order chi connectivity index (χ0) is 26.2. The maximum Gasteiger partial charge on any atom is 0.319 e. The third-order valence-corrected chi connectivity index (χ3v) is 7.10. The molecule has 1 aliphatic carbocycles. The Hall–Kier alpha value is -3.13. The van der Waals surface area contributed by atoms with Gasteiger partial charge in [-0.1, -0.05) is 72.4 Å². The minimum atomic E-state index is -0.388. The molecule has 3 aromatic rings. The quantitative estimate of drug-likeness (QED) is 0.184. The fraction of sp³-hybridized carbons (Fsp3) is 0.321. The maximum atomic E-state index is 12.7. The minimum absolute atomic E-state index is 0.0428. The van der Waals surface area contributed by atoms with Gasteiger partial charge in [-0.3, -0.25) is 10.1 Å². The fourth-order valence-electron chi connectivity index (χ4n) is 4.77. The van der Waals surface area contributed by atoms with Crippen LogP contribution in [0, 0.1) is 10.1 Å². The highest BCUT2D eigenvalue weighted by molar-refractivity contribution is 6.35. The molecule has 0 heterocycles. The van der Waals surface area contributed by atoms with Crippen LogP contribution < -0.4 is 16.0 Å². The maximum absolute atomic E-state index is 12.7. The average Bonchev–Trinajstić information content (AvgIpc) is 3.39. The van der Waals surface area contributed by atoms with E-state index in [9.17, 15) is 14.9 Å².